The summed E-state index contributed by atoms with van der Waals surface area (Å²) in [6.45, 7) is 1.93. The first-order valence-electron chi connectivity index (χ1n) is 7.92. The molecule has 0 spiro atoms. The molecule has 0 N–H and O–H groups in total. The number of hydrogen-bond acceptors (Lipinski definition) is 3. The zero-order valence-electron chi connectivity index (χ0n) is 13.9. The second-order valence-electron chi connectivity index (χ2n) is 5.98. The number of nitrogens with zero attached hydrogens (tertiary/aromatic N) is 1. The maximum Gasteiger partial charge on any atom is 0.268 e. The summed E-state index contributed by atoms with van der Waals surface area (Å²) in [4.78, 5) is 0.267. The second kappa shape index (κ2) is 5.63. The topological polar surface area (TPSA) is 48.3 Å². The minimum atomic E-state index is -3.73. The molecule has 5 heteroatoms. The summed E-state index contributed by atoms with van der Waals surface area (Å²) < 4.78 is 33.4. The Hall–Kier alpha value is -2.79. The monoisotopic (exact) mass is 351 g/mol. The Morgan fingerprint density at radius 2 is 1.52 bits per heavy atom. The fraction of sp³-hybridized carbons (Fsp3) is 0.100. The van der Waals surface area contributed by atoms with Crippen molar-refractivity contribution in [2.24, 2.45) is 0 Å². The number of hydrogen-bond donors (Lipinski definition) is 0. The maximum atomic E-state index is 13.4. The fourth-order valence-corrected chi connectivity index (χ4v) is 4.64. The molecule has 25 heavy (non-hydrogen) atoms. The molecule has 0 atom stereocenters. The van der Waals surface area contributed by atoms with Crippen LogP contribution in [0.5, 0.6) is 5.75 Å². The molecule has 3 aromatic carbocycles. The van der Waals surface area contributed by atoms with Crippen LogP contribution in [0, 0.1) is 6.92 Å². The molecule has 126 valence electrons. The molecule has 0 unspecified atom stereocenters. The van der Waals surface area contributed by atoms with E-state index in [-0.39, 0.29) is 4.90 Å². The molecule has 0 bridgehead atoms. The molecule has 0 aliphatic heterocycles. The van der Waals surface area contributed by atoms with Gasteiger partial charge in [0.25, 0.3) is 10.0 Å². The van der Waals surface area contributed by atoms with Gasteiger partial charge in [-0.1, -0.05) is 35.9 Å². The predicted molar refractivity (Wildman–Crippen MR) is 99.8 cm³/mol. The molecule has 0 saturated carbocycles. The molecular weight excluding hydrogens is 334 g/mol. The molecule has 0 fully saturated rings. The zero-order chi connectivity index (χ0) is 17.6. The number of fused-ring (bicyclic) bond motifs is 3. The van der Waals surface area contributed by atoms with E-state index in [1.54, 1.807) is 37.4 Å². The highest BCUT2D eigenvalue weighted by atomic mass is 32.2. The summed E-state index contributed by atoms with van der Waals surface area (Å²) >= 11 is 0. The standard InChI is InChI=1S/C20H17NO3S/c1-14-7-10-16(11-8-14)25(22,23)21-19-6-4-3-5-17(19)18-12-9-15(24-2)13-20(18)21/h3-13H,1-2H3. The lowest BCUT2D eigenvalue weighted by Crippen LogP contribution is -2.12. The van der Waals surface area contributed by atoms with Crippen LogP contribution in [-0.4, -0.2) is 19.5 Å². The van der Waals surface area contributed by atoms with Crippen molar-refractivity contribution >= 4 is 31.8 Å². The van der Waals surface area contributed by atoms with Crippen molar-refractivity contribution in [2.45, 2.75) is 11.8 Å². The Morgan fingerprint density at radius 1 is 0.840 bits per heavy atom. The highest BCUT2D eigenvalue weighted by Crippen LogP contribution is 2.34. The highest BCUT2D eigenvalue weighted by Gasteiger charge is 2.23. The van der Waals surface area contributed by atoms with Gasteiger partial charge in [-0.05, 0) is 37.3 Å². The smallest absolute Gasteiger partial charge is 0.268 e. The van der Waals surface area contributed by atoms with Crippen LogP contribution in [0.1, 0.15) is 5.56 Å². The predicted octanol–water partition coefficient (Wildman–Crippen LogP) is 4.35. The summed E-state index contributed by atoms with van der Waals surface area (Å²) in [5, 5.41) is 1.78. The summed E-state index contributed by atoms with van der Waals surface area (Å²) in [6, 6.07) is 19.9. The molecule has 0 aliphatic rings. The van der Waals surface area contributed by atoms with Crippen molar-refractivity contribution in [1.82, 2.24) is 3.97 Å². The Balaban J connectivity index is 2.13. The molecule has 4 aromatic rings. The van der Waals surface area contributed by atoms with E-state index in [4.69, 9.17) is 4.74 Å². The van der Waals surface area contributed by atoms with Crippen LogP contribution in [0.4, 0.5) is 0 Å². The van der Waals surface area contributed by atoms with Gasteiger partial charge in [0, 0.05) is 16.8 Å². The molecule has 0 saturated heterocycles. The van der Waals surface area contributed by atoms with E-state index in [9.17, 15) is 8.42 Å². The summed E-state index contributed by atoms with van der Waals surface area (Å²) in [6.07, 6.45) is 0. The number of aryl methyl sites for hydroxylation is 1. The van der Waals surface area contributed by atoms with E-state index in [0.717, 1.165) is 16.3 Å². The minimum Gasteiger partial charge on any atom is -0.497 e. The van der Waals surface area contributed by atoms with Gasteiger partial charge >= 0.3 is 0 Å². The summed E-state index contributed by atoms with van der Waals surface area (Å²) in [7, 11) is -2.16. The van der Waals surface area contributed by atoms with Gasteiger partial charge in [-0.3, -0.25) is 0 Å². The van der Waals surface area contributed by atoms with Crippen LogP contribution in [0.25, 0.3) is 21.8 Å². The normalized spacial score (nSPS) is 11.9. The van der Waals surface area contributed by atoms with Crippen LogP contribution in [-0.2, 0) is 10.0 Å². The van der Waals surface area contributed by atoms with Crippen molar-refractivity contribution in [1.29, 1.82) is 0 Å². The van der Waals surface area contributed by atoms with E-state index in [0.29, 0.717) is 16.8 Å². The van der Waals surface area contributed by atoms with Gasteiger partial charge in [-0.25, -0.2) is 12.4 Å². The molecule has 1 heterocycles. The molecule has 4 rings (SSSR count). The average molecular weight is 351 g/mol. The van der Waals surface area contributed by atoms with Gasteiger partial charge in [0.1, 0.15) is 5.75 Å². The van der Waals surface area contributed by atoms with Crippen LogP contribution >= 0.6 is 0 Å². The second-order valence-corrected chi connectivity index (χ2v) is 7.77. The van der Waals surface area contributed by atoms with Crippen LogP contribution < -0.4 is 4.74 Å². The molecule has 1 aromatic heterocycles. The van der Waals surface area contributed by atoms with Gasteiger partial charge in [0.2, 0.25) is 0 Å². The summed E-state index contributed by atoms with van der Waals surface area (Å²) in [5.74, 6) is 0.621. The van der Waals surface area contributed by atoms with Crippen molar-refractivity contribution in [2.75, 3.05) is 7.11 Å². The number of aromatic nitrogens is 1. The largest absolute Gasteiger partial charge is 0.497 e. The zero-order valence-corrected chi connectivity index (χ0v) is 14.7. The molecule has 0 aliphatic carbocycles. The van der Waals surface area contributed by atoms with Crippen LogP contribution in [0.2, 0.25) is 0 Å². The third-order valence-electron chi connectivity index (χ3n) is 4.40. The Kier molecular flexibility index (Phi) is 3.54. The Morgan fingerprint density at radius 3 is 2.24 bits per heavy atom. The number of para-hydroxylation sites is 1. The van der Waals surface area contributed by atoms with E-state index in [2.05, 4.69) is 0 Å². The van der Waals surface area contributed by atoms with E-state index in [1.807, 2.05) is 43.3 Å². The number of benzene rings is 3. The van der Waals surface area contributed by atoms with Gasteiger partial charge in [-0.15, -0.1) is 0 Å². The lowest BCUT2D eigenvalue weighted by molar-refractivity contribution is 0.415. The lowest BCUT2D eigenvalue weighted by Gasteiger charge is -2.10. The number of methoxy groups -OCH3 is 1. The van der Waals surface area contributed by atoms with Crippen molar-refractivity contribution in [3.63, 3.8) is 0 Å². The number of rotatable bonds is 3. The van der Waals surface area contributed by atoms with Crippen LogP contribution in [0.15, 0.2) is 71.6 Å². The molecule has 4 nitrogen and oxygen atoms in total. The van der Waals surface area contributed by atoms with Crippen molar-refractivity contribution in [3.8, 4) is 5.75 Å². The van der Waals surface area contributed by atoms with Crippen molar-refractivity contribution in [3.05, 3.63) is 72.3 Å². The number of ether oxygens (including phenoxy) is 1. The Bertz CT molecular complexity index is 1190. The molecular formula is C20H17NO3S. The third kappa shape index (κ3) is 2.39. The van der Waals surface area contributed by atoms with E-state index >= 15 is 0 Å². The van der Waals surface area contributed by atoms with Gasteiger partial charge in [-0.2, -0.15) is 0 Å². The van der Waals surface area contributed by atoms with Crippen molar-refractivity contribution < 1.29 is 13.2 Å². The van der Waals surface area contributed by atoms with Crippen LogP contribution in [0.3, 0.4) is 0 Å². The third-order valence-corrected chi connectivity index (χ3v) is 6.14. The SMILES string of the molecule is COc1ccc2c3ccccc3n(S(=O)(=O)c3ccc(C)cc3)c2c1. The quantitative estimate of drug-likeness (QED) is 0.551. The first-order valence-corrected chi connectivity index (χ1v) is 9.36. The van der Waals surface area contributed by atoms with E-state index < -0.39 is 10.0 Å². The summed E-state index contributed by atoms with van der Waals surface area (Å²) in [5.41, 5.74) is 2.29. The van der Waals surface area contributed by atoms with Gasteiger partial charge < -0.3 is 4.74 Å². The fourth-order valence-electron chi connectivity index (χ4n) is 3.12. The lowest BCUT2D eigenvalue weighted by atomic mass is 10.1. The maximum absolute atomic E-state index is 13.4. The minimum absolute atomic E-state index is 0.267. The molecule has 0 amide bonds. The highest BCUT2D eigenvalue weighted by molar-refractivity contribution is 7.90. The molecule has 0 radical (unpaired) electrons. The van der Waals surface area contributed by atoms with Gasteiger partial charge in [0.15, 0.2) is 0 Å². The average Bonchev–Trinajstić information content (AvgIpc) is 2.96. The first kappa shape index (κ1) is 15.7. The Labute approximate surface area is 146 Å². The first-order chi connectivity index (χ1) is 12.0. The van der Waals surface area contributed by atoms with Gasteiger partial charge in [0.05, 0.1) is 23.0 Å². The van der Waals surface area contributed by atoms with E-state index in [1.165, 1.54) is 3.97 Å².